The molecule has 1 aromatic carbocycles. The van der Waals surface area contributed by atoms with Crippen LogP contribution >= 0.6 is 15.9 Å². The lowest BCUT2D eigenvalue weighted by molar-refractivity contribution is -0.0154. The normalized spacial score (nSPS) is 14.4. The second-order valence-electron chi connectivity index (χ2n) is 3.48. The average molecular weight is 307 g/mol. The van der Waals surface area contributed by atoms with Gasteiger partial charge < -0.3 is 25.2 Å². The number of aliphatic hydroxyl groups is 3. The maximum atomic E-state index is 9.73. The molecule has 0 saturated heterocycles. The summed E-state index contributed by atoms with van der Waals surface area (Å²) in [7, 11) is 0. The van der Waals surface area contributed by atoms with Crippen LogP contribution in [0.2, 0.25) is 0 Å². The molecule has 0 aliphatic heterocycles. The van der Waals surface area contributed by atoms with Crippen LogP contribution < -0.4 is 4.74 Å². The molecule has 0 aliphatic rings. The number of ether oxygens (including phenoxy) is 1. The van der Waals surface area contributed by atoms with E-state index < -0.39 is 18.8 Å². The number of halogens is 1. The van der Waals surface area contributed by atoms with Crippen molar-refractivity contribution in [2.45, 2.75) is 19.1 Å². The van der Waals surface area contributed by atoms with Gasteiger partial charge in [-0.25, -0.2) is 0 Å². The summed E-state index contributed by atoms with van der Waals surface area (Å²) in [6.07, 6.45) is -2.52. The highest BCUT2D eigenvalue weighted by Gasteiger charge is 2.20. The Hall–Kier alpha value is -0.820. The van der Waals surface area contributed by atoms with Crippen LogP contribution in [0.5, 0.6) is 11.5 Å². The van der Waals surface area contributed by atoms with Crippen LogP contribution in [0.4, 0.5) is 0 Å². The van der Waals surface area contributed by atoms with E-state index in [1.807, 2.05) is 0 Å². The zero-order valence-corrected chi connectivity index (χ0v) is 10.9. The summed E-state index contributed by atoms with van der Waals surface area (Å²) >= 11 is 3.12. The molecule has 0 amide bonds. The van der Waals surface area contributed by atoms with E-state index in [0.717, 1.165) is 0 Å². The second kappa shape index (κ2) is 6.20. The van der Waals surface area contributed by atoms with Gasteiger partial charge in [0.2, 0.25) is 0 Å². The van der Waals surface area contributed by atoms with E-state index in [1.165, 1.54) is 12.1 Å². The number of hydrogen-bond acceptors (Lipinski definition) is 5. The van der Waals surface area contributed by atoms with Crippen LogP contribution in [-0.4, -0.2) is 39.7 Å². The van der Waals surface area contributed by atoms with Crippen molar-refractivity contribution < 1.29 is 25.2 Å². The van der Waals surface area contributed by atoms with Crippen molar-refractivity contribution in [2.24, 2.45) is 0 Å². The molecule has 0 fully saturated rings. The Labute approximate surface area is 107 Å². The molecule has 0 saturated carbocycles. The van der Waals surface area contributed by atoms with Crippen LogP contribution in [0.25, 0.3) is 0 Å². The van der Waals surface area contributed by atoms with E-state index in [9.17, 15) is 15.3 Å². The molecule has 0 radical (unpaired) electrons. The van der Waals surface area contributed by atoms with Crippen LogP contribution in [0, 0.1) is 0 Å². The SMILES string of the molecule is CCOc1cc(C(O)C(O)CO)cc(Br)c1O. The van der Waals surface area contributed by atoms with Gasteiger partial charge >= 0.3 is 0 Å². The first-order valence-electron chi connectivity index (χ1n) is 5.13. The predicted molar refractivity (Wildman–Crippen MR) is 65.0 cm³/mol. The zero-order valence-electron chi connectivity index (χ0n) is 9.30. The largest absolute Gasteiger partial charge is 0.503 e. The summed E-state index contributed by atoms with van der Waals surface area (Å²) < 4.78 is 5.54. The van der Waals surface area contributed by atoms with Gasteiger partial charge in [0, 0.05) is 0 Å². The quantitative estimate of drug-likeness (QED) is 0.650. The maximum absolute atomic E-state index is 9.73. The van der Waals surface area contributed by atoms with E-state index in [0.29, 0.717) is 16.6 Å². The number of benzene rings is 1. The van der Waals surface area contributed by atoms with Crippen molar-refractivity contribution >= 4 is 15.9 Å². The number of phenols is 1. The first kappa shape index (κ1) is 14.2. The molecule has 0 bridgehead atoms. The highest BCUT2D eigenvalue weighted by Crippen LogP contribution is 2.37. The zero-order chi connectivity index (χ0) is 13.0. The molecule has 1 rings (SSSR count). The third kappa shape index (κ3) is 3.32. The average Bonchev–Trinajstić information content (AvgIpc) is 2.33. The van der Waals surface area contributed by atoms with Gasteiger partial charge in [-0.1, -0.05) is 0 Å². The van der Waals surface area contributed by atoms with Gasteiger partial charge in [0.25, 0.3) is 0 Å². The first-order chi connectivity index (χ1) is 8.01. The monoisotopic (exact) mass is 306 g/mol. The molecule has 0 aromatic heterocycles. The van der Waals surface area contributed by atoms with Crippen molar-refractivity contribution in [1.29, 1.82) is 0 Å². The molecule has 6 heteroatoms. The molecule has 4 N–H and O–H groups in total. The van der Waals surface area contributed by atoms with Crippen molar-refractivity contribution in [1.82, 2.24) is 0 Å². The van der Waals surface area contributed by atoms with Gasteiger partial charge in [0.05, 0.1) is 17.7 Å². The number of aromatic hydroxyl groups is 1. The van der Waals surface area contributed by atoms with Crippen molar-refractivity contribution in [3.05, 3.63) is 22.2 Å². The molecule has 17 heavy (non-hydrogen) atoms. The molecule has 2 atom stereocenters. The number of hydrogen-bond donors (Lipinski definition) is 4. The standard InChI is InChI=1S/C11H15BrO5/c1-2-17-9-4-6(3-7(12)11(9)16)10(15)8(14)5-13/h3-4,8,10,13-16H,2,5H2,1H3. The van der Waals surface area contributed by atoms with Gasteiger partial charge in [-0.15, -0.1) is 0 Å². The van der Waals surface area contributed by atoms with Crippen molar-refractivity contribution in [3.63, 3.8) is 0 Å². The van der Waals surface area contributed by atoms with E-state index in [2.05, 4.69) is 15.9 Å². The molecule has 96 valence electrons. The minimum absolute atomic E-state index is 0.0683. The van der Waals surface area contributed by atoms with E-state index >= 15 is 0 Å². The Bertz CT molecular complexity index is 382. The van der Waals surface area contributed by atoms with Crippen molar-refractivity contribution in [2.75, 3.05) is 13.2 Å². The second-order valence-corrected chi connectivity index (χ2v) is 4.33. The molecular weight excluding hydrogens is 292 g/mol. The molecule has 5 nitrogen and oxygen atoms in total. The fourth-order valence-corrected chi connectivity index (χ4v) is 1.81. The Kier molecular flexibility index (Phi) is 5.20. The summed E-state index contributed by atoms with van der Waals surface area (Å²) in [5.74, 6) is 0.141. The number of phenolic OH excluding ortho intramolecular Hbond substituents is 1. The highest BCUT2D eigenvalue weighted by molar-refractivity contribution is 9.10. The lowest BCUT2D eigenvalue weighted by Crippen LogP contribution is -2.22. The minimum atomic E-state index is -1.28. The fraction of sp³-hybridized carbons (Fsp3) is 0.455. The smallest absolute Gasteiger partial charge is 0.172 e. The predicted octanol–water partition coefficient (Wildman–Crippen LogP) is 0.940. The van der Waals surface area contributed by atoms with Gasteiger partial charge in [0.1, 0.15) is 12.2 Å². The summed E-state index contributed by atoms with van der Waals surface area (Å²) in [4.78, 5) is 0. The lowest BCUT2D eigenvalue weighted by Gasteiger charge is -2.18. The Morgan fingerprint density at radius 3 is 2.53 bits per heavy atom. The van der Waals surface area contributed by atoms with Crippen LogP contribution in [0.1, 0.15) is 18.6 Å². The topological polar surface area (TPSA) is 90.2 Å². The summed E-state index contributed by atoms with van der Waals surface area (Å²) in [6, 6.07) is 2.88. The van der Waals surface area contributed by atoms with Gasteiger partial charge in [-0.3, -0.25) is 0 Å². The molecule has 0 spiro atoms. The van der Waals surface area contributed by atoms with Crippen molar-refractivity contribution in [3.8, 4) is 11.5 Å². The van der Waals surface area contributed by atoms with E-state index in [1.54, 1.807) is 6.92 Å². The molecule has 0 heterocycles. The Morgan fingerprint density at radius 2 is 2.00 bits per heavy atom. The third-order valence-electron chi connectivity index (χ3n) is 2.24. The summed E-state index contributed by atoms with van der Waals surface area (Å²) in [5, 5.41) is 37.5. The van der Waals surface area contributed by atoms with Gasteiger partial charge in [0.15, 0.2) is 11.5 Å². The van der Waals surface area contributed by atoms with E-state index in [4.69, 9.17) is 9.84 Å². The third-order valence-corrected chi connectivity index (χ3v) is 2.85. The molecule has 0 aliphatic carbocycles. The number of aliphatic hydroxyl groups excluding tert-OH is 3. The minimum Gasteiger partial charge on any atom is -0.503 e. The summed E-state index contributed by atoms with van der Waals surface area (Å²) in [6.45, 7) is 1.57. The van der Waals surface area contributed by atoms with Gasteiger partial charge in [-0.05, 0) is 40.5 Å². The maximum Gasteiger partial charge on any atom is 0.172 e. The van der Waals surface area contributed by atoms with Crippen LogP contribution in [0.15, 0.2) is 16.6 Å². The van der Waals surface area contributed by atoms with E-state index in [-0.39, 0.29) is 11.5 Å². The fourth-order valence-electron chi connectivity index (χ4n) is 1.35. The molecule has 1 aromatic rings. The van der Waals surface area contributed by atoms with Gasteiger partial charge in [-0.2, -0.15) is 0 Å². The highest BCUT2D eigenvalue weighted by atomic mass is 79.9. The van der Waals surface area contributed by atoms with Crippen LogP contribution in [0.3, 0.4) is 0 Å². The molecule has 2 unspecified atom stereocenters. The molecular formula is C11H15BrO5. The number of rotatable bonds is 5. The Morgan fingerprint density at radius 1 is 1.35 bits per heavy atom. The van der Waals surface area contributed by atoms with Crippen LogP contribution in [-0.2, 0) is 0 Å². The Balaban J connectivity index is 3.09. The first-order valence-corrected chi connectivity index (χ1v) is 5.92. The lowest BCUT2D eigenvalue weighted by atomic mass is 10.0. The summed E-state index contributed by atoms with van der Waals surface area (Å²) in [5.41, 5.74) is 0.347.